The molecule has 0 radical (unpaired) electrons. The quantitative estimate of drug-likeness (QED) is 0.759. The minimum Gasteiger partial charge on any atom is -0.356 e. The number of halogens is 1. The van der Waals surface area contributed by atoms with Gasteiger partial charge in [0.05, 0.1) is 0 Å². The molecular weight excluding hydrogens is 237 g/mol. The van der Waals surface area contributed by atoms with E-state index in [0.717, 1.165) is 24.2 Å². The number of benzene rings is 1. The minimum absolute atomic E-state index is 0.0983. The molecule has 0 spiro atoms. The molecule has 0 saturated heterocycles. The molecule has 2 nitrogen and oxygen atoms in total. The zero-order valence-electron chi connectivity index (χ0n) is 10.0. The van der Waals surface area contributed by atoms with E-state index in [2.05, 4.69) is 5.32 Å². The Morgan fingerprint density at radius 3 is 2.71 bits per heavy atom. The summed E-state index contributed by atoms with van der Waals surface area (Å²) in [5, 5.41) is 2.86. The highest BCUT2D eigenvalue weighted by Gasteiger charge is 2.00. The molecule has 0 aliphatic heterocycles. The molecule has 0 unspecified atom stereocenters. The average Bonchev–Trinajstić information content (AvgIpc) is 2.32. The third-order valence-corrected chi connectivity index (χ3v) is 3.10. The van der Waals surface area contributed by atoms with Gasteiger partial charge in [0, 0.05) is 13.0 Å². The van der Waals surface area contributed by atoms with Crippen molar-refractivity contribution in [1.82, 2.24) is 5.32 Å². The molecule has 0 aromatic heterocycles. The molecule has 0 saturated carbocycles. The van der Waals surface area contributed by atoms with Crippen LogP contribution in [0.15, 0.2) is 24.3 Å². The van der Waals surface area contributed by atoms with Crippen LogP contribution in [-0.2, 0) is 11.2 Å². The predicted octanol–water partition coefficient (Wildman–Crippen LogP) is 2.63. The summed E-state index contributed by atoms with van der Waals surface area (Å²) in [6, 6.07) is 6.37. The highest BCUT2D eigenvalue weighted by molar-refractivity contribution is 7.98. The van der Waals surface area contributed by atoms with Crippen LogP contribution in [0.25, 0.3) is 0 Å². The first-order chi connectivity index (χ1) is 8.22. The van der Waals surface area contributed by atoms with Gasteiger partial charge in [0.2, 0.25) is 5.91 Å². The van der Waals surface area contributed by atoms with Gasteiger partial charge in [0.25, 0.3) is 0 Å². The molecule has 0 atom stereocenters. The highest BCUT2D eigenvalue weighted by atomic mass is 32.2. The van der Waals surface area contributed by atoms with Crippen molar-refractivity contribution in [2.45, 2.75) is 19.3 Å². The number of nitrogens with one attached hydrogen (secondary N) is 1. The third kappa shape index (κ3) is 6.31. The second-order valence-electron chi connectivity index (χ2n) is 3.82. The van der Waals surface area contributed by atoms with Gasteiger partial charge in [-0.2, -0.15) is 11.8 Å². The van der Waals surface area contributed by atoms with Gasteiger partial charge in [-0.25, -0.2) is 4.39 Å². The van der Waals surface area contributed by atoms with Gasteiger partial charge in [0.15, 0.2) is 0 Å². The van der Waals surface area contributed by atoms with E-state index < -0.39 is 0 Å². The Morgan fingerprint density at radius 2 is 2.06 bits per heavy atom. The Bertz CT molecular complexity index is 340. The van der Waals surface area contributed by atoms with Crippen molar-refractivity contribution in [3.63, 3.8) is 0 Å². The Labute approximate surface area is 106 Å². The van der Waals surface area contributed by atoms with Crippen molar-refractivity contribution in [3.05, 3.63) is 35.6 Å². The van der Waals surface area contributed by atoms with E-state index in [1.165, 1.54) is 12.1 Å². The van der Waals surface area contributed by atoms with E-state index in [9.17, 15) is 9.18 Å². The van der Waals surface area contributed by atoms with E-state index in [1.54, 1.807) is 23.9 Å². The van der Waals surface area contributed by atoms with Crippen molar-refractivity contribution in [2.24, 2.45) is 0 Å². The lowest BCUT2D eigenvalue weighted by Crippen LogP contribution is -2.25. The standard InChI is InChI=1S/C13H18FNOS/c1-17-10-2-3-13(16)15-9-8-11-4-6-12(14)7-5-11/h4-7H,2-3,8-10H2,1H3,(H,15,16). The van der Waals surface area contributed by atoms with Gasteiger partial charge in [-0.05, 0) is 42.5 Å². The number of carbonyl (C=O) groups is 1. The molecule has 94 valence electrons. The maximum Gasteiger partial charge on any atom is 0.220 e. The first-order valence-corrected chi connectivity index (χ1v) is 7.12. The summed E-state index contributed by atoms with van der Waals surface area (Å²) in [5.41, 5.74) is 1.04. The third-order valence-electron chi connectivity index (χ3n) is 2.40. The largest absolute Gasteiger partial charge is 0.356 e. The summed E-state index contributed by atoms with van der Waals surface area (Å²) >= 11 is 1.75. The zero-order valence-corrected chi connectivity index (χ0v) is 10.9. The smallest absolute Gasteiger partial charge is 0.220 e. The Kier molecular flexibility index (Phi) is 6.70. The van der Waals surface area contributed by atoms with Gasteiger partial charge in [0.1, 0.15) is 5.82 Å². The Balaban J connectivity index is 2.14. The number of rotatable bonds is 7. The first kappa shape index (κ1) is 14.0. The fraction of sp³-hybridized carbons (Fsp3) is 0.462. The summed E-state index contributed by atoms with van der Waals surface area (Å²) in [6.45, 7) is 0.615. The van der Waals surface area contributed by atoms with Crippen LogP contribution in [0.3, 0.4) is 0 Å². The van der Waals surface area contributed by atoms with Gasteiger partial charge < -0.3 is 5.32 Å². The summed E-state index contributed by atoms with van der Waals surface area (Å²) < 4.78 is 12.6. The zero-order chi connectivity index (χ0) is 12.5. The van der Waals surface area contributed by atoms with E-state index in [1.807, 2.05) is 6.26 Å². The van der Waals surface area contributed by atoms with Crippen LogP contribution in [0.2, 0.25) is 0 Å². The normalized spacial score (nSPS) is 10.2. The van der Waals surface area contributed by atoms with E-state index in [4.69, 9.17) is 0 Å². The molecule has 0 aliphatic rings. The van der Waals surface area contributed by atoms with Crippen LogP contribution in [0.5, 0.6) is 0 Å². The molecule has 0 fully saturated rings. The maximum atomic E-state index is 12.6. The lowest BCUT2D eigenvalue weighted by atomic mass is 10.1. The summed E-state index contributed by atoms with van der Waals surface area (Å²) in [5.74, 6) is 0.891. The molecule has 1 aromatic carbocycles. The first-order valence-electron chi connectivity index (χ1n) is 5.72. The van der Waals surface area contributed by atoms with Crippen LogP contribution < -0.4 is 5.32 Å². The SMILES string of the molecule is CSCCCC(=O)NCCc1ccc(F)cc1. The molecular formula is C13H18FNOS. The molecule has 1 rings (SSSR count). The number of amides is 1. The topological polar surface area (TPSA) is 29.1 Å². The Hall–Kier alpha value is -1.03. The molecule has 0 heterocycles. The fourth-order valence-electron chi connectivity index (χ4n) is 1.46. The fourth-order valence-corrected chi connectivity index (χ4v) is 1.90. The lowest BCUT2D eigenvalue weighted by Gasteiger charge is -2.05. The van der Waals surface area contributed by atoms with Crippen LogP contribution in [0.4, 0.5) is 4.39 Å². The van der Waals surface area contributed by atoms with Gasteiger partial charge >= 0.3 is 0 Å². The van der Waals surface area contributed by atoms with E-state index in [-0.39, 0.29) is 11.7 Å². The monoisotopic (exact) mass is 255 g/mol. The van der Waals surface area contributed by atoms with Crippen LogP contribution in [-0.4, -0.2) is 24.5 Å². The van der Waals surface area contributed by atoms with Crippen molar-refractivity contribution in [3.8, 4) is 0 Å². The molecule has 0 bridgehead atoms. The van der Waals surface area contributed by atoms with Crippen molar-refractivity contribution < 1.29 is 9.18 Å². The van der Waals surface area contributed by atoms with Crippen LogP contribution in [0, 0.1) is 5.82 Å². The number of hydrogen-bond donors (Lipinski definition) is 1. The lowest BCUT2D eigenvalue weighted by molar-refractivity contribution is -0.121. The van der Waals surface area contributed by atoms with Crippen LogP contribution in [0.1, 0.15) is 18.4 Å². The highest BCUT2D eigenvalue weighted by Crippen LogP contribution is 2.03. The van der Waals surface area contributed by atoms with Gasteiger partial charge in [-0.3, -0.25) is 4.79 Å². The average molecular weight is 255 g/mol. The van der Waals surface area contributed by atoms with E-state index >= 15 is 0 Å². The molecule has 1 amide bonds. The Morgan fingerprint density at radius 1 is 1.35 bits per heavy atom. The van der Waals surface area contributed by atoms with Gasteiger partial charge in [-0.1, -0.05) is 12.1 Å². The predicted molar refractivity (Wildman–Crippen MR) is 70.7 cm³/mol. The van der Waals surface area contributed by atoms with Gasteiger partial charge in [-0.15, -0.1) is 0 Å². The maximum absolute atomic E-state index is 12.6. The van der Waals surface area contributed by atoms with Crippen LogP contribution >= 0.6 is 11.8 Å². The number of thioether (sulfide) groups is 1. The number of hydrogen-bond acceptors (Lipinski definition) is 2. The number of carbonyl (C=O) groups excluding carboxylic acids is 1. The molecule has 4 heteroatoms. The molecule has 17 heavy (non-hydrogen) atoms. The summed E-state index contributed by atoms with van der Waals surface area (Å²) in [6.07, 6.45) is 4.29. The summed E-state index contributed by atoms with van der Waals surface area (Å²) in [7, 11) is 0. The minimum atomic E-state index is -0.227. The van der Waals surface area contributed by atoms with Crippen molar-refractivity contribution in [2.75, 3.05) is 18.6 Å². The van der Waals surface area contributed by atoms with E-state index in [0.29, 0.717) is 13.0 Å². The molecule has 1 aromatic rings. The molecule has 0 aliphatic carbocycles. The summed E-state index contributed by atoms with van der Waals surface area (Å²) in [4.78, 5) is 11.4. The second-order valence-corrected chi connectivity index (χ2v) is 4.81. The molecule has 1 N–H and O–H groups in total. The van der Waals surface area contributed by atoms with Crippen molar-refractivity contribution in [1.29, 1.82) is 0 Å². The van der Waals surface area contributed by atoms with Crippen molar-refractivity contribution >= 4 is 17.7 Å². The second kappa shape index (κ2) is 8.12.